The van der Waals surface area contributed by atoms with E-state index >= 15 is 0 Å². The van der Waals surface area contributed by atoms with Gasteiger partial charge in [0.15, 0.2) is 12.9 Å². The molecule has 7 heteroatoms. The van der Waals surface area contributed by atoms with Gasteiger partial charge in [0.2, 0.25) is 0 Å². The highest BCUT2D eigenvalue weighted by Crippen LogP contribution is 2.21. The lowest BCUT2D eigenvalue weighted by molar-refractivity contribution is -0.122. The maximum absolute atomic E-state index is 11.8. The van der Waals surface area contributed by atoms with E-state index in [9.17, 15) is 14.4 Å². The third-order valence-corrected chi connectivity index (χ3v) is 4.32. The van der Waals surface area contributed by atoms with Gasteiger partial charge in [0.25, 0.3) is 5.91 Å². The molecule has 3 amide bonds. The molecule has 2 N–H and O–H groups in total. The molecule has 0 fully saturated rings. The Morgan fingerprint density at radius 3 is 2.84 bits per heavy atom. The molecule has 1 aromatic rings. The summed E-state index contributed by atoms with van der Waals surface area (Å²) < 4.78 is 6.03. The zero-order valence-corrected chi connectivity index (χ0v) is 15.4. The number of ether oxygens (including phenoxy) is 1. The molecule has 1 aliphatic carbocycles. The molecule has 0 bridgehead atoms. The molecule has 0 spiro atoms. The Morgan fingerprint density at radius 2 is 2.12 bits per heavy atom. The van der Waals surface area contributed by atoms with Gasteiger partial charge in [0, 0.05) is 11.0 Å². The van der Waals surface area contributed by atoms with E-state index in [4.69, 9.17) is 4.74 Å². The van der Waals surface area contributed by atoms with Crippen molar-refractivity contribution < 1.29 is 19.1 Å². The predicted octanol–water partition coefficient (Wildman–Crippen LogP) is 3.36. The number of benzene rings is 1. The third kappa shape index (κ3) is 6.70. The molecule has 1 aliphatic rings. The van der Waals surface area contributed by atoms with Gasteiger partial charge in [-0.2, -0.15) is 0 Å². The number of rotatable bonds is 7. The zero-order valence-electron chi connectivity index (χ0n) is 13.8. The summed E-state index contributed by atoms with van der Waals surface area (Å²) in [4.78, 5) is 34.4. The third-order valence-electron chi connectivity index (χ3n) is 3.83. The Morgan fingerprint density at radius 1 is 1.28 bits per heavy atom. The van der Waals surface area contributed by atoms with E-state index < -0.39 is 11.9 Å². The van der Waals surface area contributed by atoms with Crippen molar-refractivity contribution in [3.63, 3.8) is 0 Å². The Hall–Kier alpha value is -2.15. The molecule has 134 valence electrons. The number of hydrogen-bond acceptors (Lipinski definition) is 4. The largest absolute Gasteiger partial charge is 0.483 e. The van der Waals surface area contributed by atoms with Crippen molar-refractivity contribution in [1.82, 2.24) is 10.6 Å². The van der Waals surface area contributed by atoms with Crippen LogP contribution >= 0.6 is 15.9 Å². The quantitative estimate of drug-likeness (QED) is 0.534. The highest BCUT2D eigenvalue weighted by Gasteiger charge is 2.11. The molecule has 1 aromatic carbocycles. The first-order valence-electron chi connectivity index (χ1n) is 8.21. The second-order valence-electron chi connectivity index (χ2n) is 5.75. The minimum Gasteiger partial charge on any atom is -0.483 e. The number of imide groups is 1. The van der Waals surface area contributed by atoms with Crippen LogP contribution in [-0.4, -0.2) is 31.4 Å². The number of urea groups is 1. The van der Waals surface area contributed by atoms with Crippen molar-refractivity contribution >= 4 is 34.2 Å². The molecule has 0 saturated heterocycles. The molecule has 0 saturated carbocycles. The number of amides is 3. The minimum absolute atomic E-state index is 0.290. The maximum atomic E-state index is 11.8. The van der Waals surface area contributed by atoms with Crippen molar-refractivity contribution in [2.45, 2.75) is 32.1 Å². The average molecular weight is 409 g/mol. The van der Waals surface area contributed by atoms with Crippen LogP contribution in [0.4, 0.5) is 4.79 Å². The summed E-state index contributed by atoms with van der Waals surface area (Å²) in [7, 11) is 0. The molecule has 25 heavy (non-hydrogen) atoms. The first-order chi connectivity index (χ1) is 12.1. The number of nitrogens with one attached hydrogen (secondary N) is 2. The van der Waals surface area contributed by atoms with Crippen molar-refractivity contribution in [1.29, 1.82) is 0 Å². The van der Waals surface area contributed by atoms with E-state index in [1.807, 2.05) is 0 Å². The maximum Gasteiger partial charge on any atom is 0.321 e. The summed E-state index contributed by atoms with van der Waals surface area (Å²) in [5.74, 6) is -0.285. The highest BCUT2D eigenvalue weighted by atomic mass is 79.9. The summed E-state index contributed by atoms with van der Waals surface area (Å²) in [6.07, 6.45) is 8.30. The standard InChI is InChI=1S/C18H21BrN2O4/c19-15-6-7-16(14(10-15)11-22)25-12-17(23)21-18(24)20-9-8-13-4-2-1-3-5-13/h4,6-7,10-11H,1-3,5,8-9,12H2,(H2,20,21,23,24). The van der Waals surface area contributed by atoms with E-state index in [0.29, 0.717) is 18.4 Å². The second-order valence-corrected chi connectivity index (χ2v) is 6.67. The van der Waals surface area contributed by atoms with Gasteiger partial charge in [-0.15, -0.1) is 0 Å². The molecule has 0 unspecified atom stereocenters. The Bertz CT molecular complexity index is 673. The smallest absolute Gasteiger partial charge is 0.321 e. The van der Waals surface area contributed by atoms with Gasteiger partial charge in [-0.3, -0.25) is 14.9 Å². The lowest BCUT2D eigenvalue weighted by Gasteiger charge is -2.13. The summed E-state index contributed by atoms with van der Waals surface area (Å²) in [5, 5.41) is 4.87. The molecule has 0 aliphatic heterocycles. The lowest BCUT2D eigenvalue weighted by Crippen LogP contribution is -2.42. The van der Waals surface area contributed by atoms with Gasteiger partial charge in [-0.25, -0.2) is 4.79 Å². The van der Waals surface area contributed by atoms with E-state index in [-0.39, 0.29) is 12.4 Å². The van der Waals surface area contributed by atoms with Crippen molar-refractivity contribution in [2.24, 2.45) is 0 Å². The number of carbonyl (C=O) groups excluding carboxylic acids is 3. The monoisotopic (exact) mass is 408 g/mol. The van der Waals surface area contributed by atoms with Crippen LogP contribution in [0.15, 0.2) is 34.3 Å². The number of hydrogen-bond donors (Lipinski definition) is 2. The Balaban J connectivity index is 1.70. The van der Waals surface area contributed by atoms with Crippen molar-refractivity contribution in [3.8, 4) is 5.75 Å². The summed E-state index contributed by atoms with van der Waals surface area (Å²) >= 11 is 3.25. The Kier molecular flexibility index (Phi) is 7.66. The summed E-state index contributed by atoms with van der Waals surface area (Å²) in [6, 6.07) is 4.33. The van der Waals surface area contributed by atoms with Crippen LogP contribution in [-0.2, 0) is 4.79 Å². The zero-order chi connectivity index (χ0) is 18.1. The number of carbonyl (C=O) groups is 3. The van der Waals surface area contributed by atoms with Gasteiger partial charge in [0.05, 0.1) is 5.56 Å². The van der Waals surface area contributed by atoms with Crippen LogP contribution in [0.25, 0.3) is 0 Å². The van der Waals surface area contributed by atoms with E-state index in [2.05, 4.69) is 32.6 Å². The molecular weight excluding hydrogens is 388 g/mol. The van der Waals surface area contributed by atoms with Crippen LogP contribution in [0.5, 0.6) is 5.75 Å². The molecule has 0 aromatic heterocycles. The van der Waals surface area contributed by atoms with Crippen LogP contribution in [0.3, 0.4) is 0 Å². The van der Waals surface area contributed by atoms with Gasteiger partial charge < -0.3 is 10.1 Å². The molecular formula is C18H21BrN2O4. The Labute approximate surface area is 155 Å². The molecule has 2 rings (SSSR count). The molecule has 6 nitrogen and oxygen atoms in total. The number of halogens is 1. The van der Waals surface area contributed by atoms with Crippen molar-refractivity contribution in [2.75, 3.05) is 13.2 Å². The number of allylic oxidation sites excluding steroid dienone is 1. The van der Waals surface area contributed by atoms with Gasteiger partial charge in [0.1, 0.15) is 5.75 Å². The molecule has 0 heterocycles. The highest BCUT2D eigenvalue weighted by molar-refractivity contribution is 9.10. The minimum atomic E-state index is -0.575. The fourth-order valence-electron chi connectivity index (χ4n) is 2.56. The van der Waals surface area contributed by atoms with Gasteiger partial charge in [-0.05, 0) is 50.3 Å². The summed E-state index contributed by atoms with van der Waals surface area (Å²) in [5.41, 5.74) is 1.69. The normalized spacial score (nSPS) is 13.6. The van der Waals surface area contributed by atoms with Crippen molar-refractivity contribution in [3.05, 3.63) is 39.9 Å². The lowest BCUT2D eigenvalue weighted by atomic mass is 9.97. The predicted molar refractivity (Wildman–Crippen MR) is 97.7 cm³/mol. The van der Waals surface area contributed by atoms with Crippen LogP contribution in [0.2, 0.25) is 0 Å². The first-order valence-corrected chi connectivity index (χ1v) is 9.01. The van der Waals surface area contributed by atoms with E-state index in [1.165, 1.54) is 18.4 Å². The summed E-state index contributed by atoms with van der Waals surface area (Å²) in [6.45, 7) is 0.148. The number of aldehydes is 1. The van der Waals surface area contributed by atoms with Gasteiger partial charge >= 0.3 is 6.03 Å². The van der Waals surface area contributed by atoms with E-state index in [0.717, 1.165) is 23.7 Å². The SMILES string of the molecule is O=Cc1cc(Br)ccc1OCC(=O)NC(=O)NCCC1=CCCCC1. The van der Waals surface area contributed by atoms with Crippen LogP contribution in [0, 0.1) is 0 Å². The first kappa shape index (κ1) is 19.2. The fourth-order valence-corrected chi connectivity index (χ4v) is 2.94. The fraction of sp³-hybridized carbons (Fsp3) is 0.389. The topological polar surface area (TPSA) is 84.5 Å². The van der Waals surface area contributed by atoms with Crippen LogP contribution < -0.4 is 15.4 Å². The van der Waals surface area contributed by atoms with E-state index in [1.54, 1.807) is 18.2 Å². The second kappa shape index (κ2) is 9.98. The van der Waals surface area contributed by atoms with Gasteiger partial charge in [-0.1, -0.05) is 27.6 Å². The average Bonchev–Trinajstić information content (AvgIpc) is 2.61. The van der Waals surface area contributed by atoms with Crippen LogP contribution in [0.1, 0.15) is 42.5 Å². The molecule has 0 radical (unpaired) electrons. The molecule has 0 atom stereocenters.